The Morgan fingerprint density at radius 1 is 1.03 bits per heavy atom. The second kappa shape index (κ2) is 9.56. The van der Waals surface area contributed by atoms with Gasteiger partial charge in [-0.3, -0.25) is 14.9 Å². The van der Waals surface area contributed by atoms with Crippen LogP contribution in [0.5, 0.6) is 0 Å². The van der Waals surface area contributed by atoms with Crippen LogP contribution in [0.2, 0.25) is 5.02 Å². The van der Waals surface area contributed by atoms with E-state index in [0.29, 0.717) is 17.9 Å². The first-order valence-electron chi connectivity index (χ1n) is 11.2. The number of anilines is 1. The number of para-hydroxylation sites is 3. The second-order valence-corrected chi connectivity index (χ2v) is 8.67. The molecule has 0 saturated carbocycles. The van der Waals surface area contributed by atoms with Gasteiger partial charge in [-0.15, -0.1) is 0 Å². The molecule has 0 aliphatic heterocycles. The maximum atomic E-state index is 12.6. The van der Waals surface area contributed by atoms with Crippen molar-refractivity contribution >= 4 is 50.7 Å². The number of aromatic amines is 1. The Labute approximate surface area is 205 Å². The van der Waals surface area contributed by atoms with Gasteiger partial charge in [-0.1, -0.05) is 48.0 Å². The molecule has 0 bridgehead atoms. The highest BCUT2D eigenvalue weighted by atomic mass is 35.5. The van der Waals surface area contributed by atoms with Crippen LogP contribution in [0.4, 0.5) is 11.4 Å². The molecule has 2 heterocycles. The molecule has 35 heavy (non-hydrogen) atoms. The number of nitrogens with one attached hydrogen (secondary N) is 2. The van der Waals surface area contributed by atoms with Crippen LogP contribution < -0.4 is 5.32 Å². The van der Waals surface area contributed by atoms with Gasteiger partial charge in [0.2, 0.25) is 5.91 Å². The minimum atomic E-state index is -0.506. The third-order valence-electron chi connectivity index (χ3n) is 5.93. The molecule has 0 unspecified atom stereocenters. The first kappa shape index (κ1) is 22.6. The Morgan fingerprint density at radius 3 is 2.69 bits per heavy atom. The highest BCUT2D eigenvalue weighted by Gasteiger charge is 2.17. The van der Waals surface area contributed by atoms with Gasteiger partial charge in [0, 0.05) is 33.8 Å². The summed E-state index contributed by atoms with van der Waals surface area (Å²) in [6.07, 6.45) is 1.37. The molecule has 5 rings (SSSR count). The van der Waals surface area contributed by atoms with Gasteiger partial charge in [0.25, 0.3) is 5.69 Å². The van der Waals surface area contributed by atoms with E-state index in [1.807, 2.05) is 54.6 Å². The van der Waals surface area contributed by atoms with Gasteiger partial charge in [-0.25, -0.2) is 4.98 Å². The van der Waals surface area contributed by atoms with Crippen LogP contribution >= 0.6 is 11.6 Å². The fraction of sp³-hybridized carbons (Fsp3) is 0.111. The molecule has 0 aliphatic rings. The number of H-pyrrole nitrogens is 1. The molecule has 2 aromatic heterocycles. The number of carbonyl (C=O) groups is 1. The number of aromatic nitrogens is 2. The van der Waals surface area contributed by atoms with Crippen LogP contribution in [-0.4, -0.2) is 20.8 Å². The standard InChI is InChI=1S/C27H21ClN4O3/c28-18-13-15-22-20(16-18)19(27(31-22)24-14-12-17-6-1-2-8-21(17)29-24)7-5-11-26(33)30-23-9-3-4-10-25(23)32(34)35/h1-4,6,8-10,12-16,31H,5,7,11H2,(H,30,33). The molecule has 2 N–H and O–H groups in total. The summed E-state index contributed by atoms with van der Waals surface area (Å²) in [4.78, 5) is 31.6. The van der Waals surface area contributed by atoms with Gasteiger partial charge in [0.15, 0.2) is 0 Å². The number of hydrogen-bond donors (Lipinski definition) is 2. The van der Waals surface area contributed by atoms with Gasteiger partial charge in [0.1, 0.15) is 5.69 Å². The average Bonchev–Trinajstić information content (AvgIpc) is 3.21. The number of rotatable bonds is 7. The molecular weight excluding hydrogens is 464 g/mol. The molecule has 8 heteroatoms. The zero-order chi connectivity index (χ0) is 24.4. The fourth-order valence-electron chi connectivity index (χ4n) is 4.28. The number of pyridine rings is 1. The van der Waals surface area contributed by atoms with Crippen molar-refractivity contribution in [3.63, 3.8) is 0 Å². The van der Waals surface area contributed by atoms with Crippen molar-refractivity contribution in [2.24, 2.45) is 0 Å². The van der Waals surface area contributed by atoms with Crippen LogP contribution in [0, 0.1) is 10.1 Å². The van der Waals surface area contributed by atoms with Crippen molar-refractivity contribution in [2.45, 2.75) is 19.3 Å². The Hall–Kier alpha value is -4.23. The Balaban J connectivity index is 1.40. The Bertz CT molecular complexity index is 1580. The number of benzene rings is 3. The number of amides is 1. The summed E-state index contributed by atoms with van der Waals surface area (Å²) < 4.78 is 0. The lowest BCUT2D eigenvalue weighted by Crippen LogP contribution is -2.12. The molecule has 7 nitrogen and oxygen atoms in total. The molecule has 5 aromatic rings. The smallest absolute Gasteiger partial charge is 0.292 e. The number of carbonyl (C=O) groups excluding carboxylic acids is 1. The predicted molar refractivity (Wildman–Crippen MR) is 139 cm³/mol. The topological polar surface area (TPSA) is 101 Å². The van der Waals surface area contributed by atoms with Crippen molar-refractivity contribution in [3.05, 3.63) is 99.6 Å². The van der Waals surface area contributed by atoms with E-state index < -0.39 is 4.92 Å². The Morgan fingerprint density at radius 2 is 1.83 bits per heavy atom. The average molecular weight is 485 g/mol. The molecule has 0 fully saturated rings. The van der Waals surface area contributed by atoms with E-state index in [4.69, 9.17) is 16.6 Å². The highest BCUT2D eigenvalue weighted by molar-refractivity contribution is 6.31. The Kier molecular flexibility index (Phi) is 6.16. The van der Waals surface area contributed by atoms with Crippen LogP contribution in [0.25, 0.3) is 33.2 Å². The van der Waals surface area contributed by atoms with Crippen molar-refractivity contribution in [1.82, 2.24) is 9.97 Å². The van der Waals surface area contributed by atoms with Crippen molar-refractivity contribution in [1.29, 1.82) is 0 Å². The number of nitrogens with zero attached hydrogens (tertiary/aromatic N) is 2. The van der Waals surface area contributed by atoms with Crippen LogP contribution in [0.3, 0.4) is 0 Å². The quantitative estimate of drug-likeness (QED) is 0.193. The van der Waals surface area contributed by atoms with E-state index in [1.54, 1.807) is 12.1 Å². The van der Waals surface area contributed by atoms with Crippen LogP contribution in [0.1, 0.15) is 18.4 Å². The lowest BCUT2D eigenvalue weighted by Gasteiger charge is -2.08. The number of aryl methyl sites for hydroxylation is 1. The van der Waals surface area contributed by atoms with Crippen molar-refractivity contribution in [3.8, 4) is 11.4 Å². The van der Waals surface area contributed by atoms with Crippen LogP contribution in [-0.2, 0) is 11.2 Å². The number of fused-ring (bicyclic) bond motifs is 2. The zero-order valence-corrected chi connectivity index (χ0v) is 19.4. The number of hydrogen-bond acceptors (Lipinski definition) is 4. The molecule has 0 atom stereocenters. The SMILES string of the molecule is O=C(CCCc1c(-c2ccc3ccccc3n2)[nH]c2ccc(Cl)cc12)Nc1ccccc1[N+](=O)[O-]. The molecule has 0 spiro atoms. The summed E-state index contributed by atoms with van der Waals surface area (Å²) >= 11 is 6.29. The van der Waals surface area contributed by atoms with Gasteiger partial charge in [-0.05, 0) is 54.8 Å². The normalized spacial score (nSPS) is 11.1. The van der Waals surface area contributed by atoms with Crippen molar-refractivity contribution < 1.29 is 9.72 Å². The number of halogens is 1. The minimum absolute atomic E-state index is 0.128. The zero-order valence-electron chi connectivity index (χ0n) is 18.6. The highest BCUT2D eigenvalue weighted by Crippen LogP contribution is 2.33. The summed E-state index contributed by atoms with van der Waals surface area (Å²) in [6, 6.07) is 23.8. The predicted octanol–water partition coefficient (Wildman–Crippen LogP) is 6.91. The lowest BCUT2D eigenvalue weighted by molar-refractivity contribution is -0.383. The fourth-order valence-corrected chi connectivity index (χ4v) is 4.45. The summed E-state index contributed by atoms with van der Waals surface area (Å²) in [6.45, 7) is 0. The molecule has 1 amide bonds. The van der Waals surface area contributed by atoms with E-state index in [0.717, 1.165) is 38.8 Å². The van der Waals surface area contributed by atoms with Gasteiger partial charge in [-0.2, -0.15) is 0 Å². The first-order chi connectivity index (χ1) is 17.0. The van der Waals surface area contributed by atoms with Crippen LogP contribution in [0.15, 0.2) is 78.9 Å². The summed E-state index contributed by atoms with van der Waals surface area (Å²) in [5.41, 5.74) is 4.65. The first-order valence-corrected chi connectivity index (χ1v) is 11.6. The van der Waals surface area contributed by atoms with E-state index >= 15 is 0 Å². The third-order valence-corrected chi connectivity index (χ3v) is 6.16. The number of nitro benzene ring substituents is 1. The number of nitro groups is 1. The van der Waals surface area contributed by atoms with E-state index in [-0.39, 0.29) is 23.7 Å². The molecule has 3 aromatic carbocycles. The monoisotopic (exact) mass is 484 g/mol. The van der Waals surface area contributed by atoms with E-state index in [9.17, 15) is 14.9 Å². The summed E-state index contributed by atoms with van der Waals surface area (Å²) in [5, 5.41) is 16.6. The van der Waals surface area contributed by atoms with Crippen molar-refractivity contribution in [2.75, 3.05) is 5.32 Å². The van der Waals surface area contributed by atoms with Gasteiger partial charge >= 0.3 is 0 Å². The molecule has 0 aliphatic carbocycles. The summed E-state index contributed by atoms with van der Waals surface area (Å²) in [7, 11) is 0. The van der Waals surface area contributed by atoms with E-state index in [2.05, 4.69) is 10.3 Å². The largest absolute Gasteiger partial charge is 0.353 e. The summed E-state index contributed by atoms with van der Waals surface area (Å²) in [5.74, 6) is -0.275. The lowest BCUT2D eigenvalue weighted by atomic mass is 10.0. The third kappa shape index (κ3) is 4.72. The molecular formula is C27H21ClN4O3. The molecule has 0 radical (unpaired) electrons. The molecule has 0 saturated heterocycles. The van der Waals surface area contributed by atoms with Gasteiger partial charge in [0.05, 0.1) is 21.8 Å². The van der Waals surface area contributed by atoms with E-state index in [1.165, 1.54) is 12.1 Å². The minimum Gasteiger partial charge on any atom is -0.353 e. The maximum Gasteiger partial charge on any atom is 0.292 e. The second-order valence-electron chi connectivity index (χ2n) is 8.23. The van der Waals surface area contributed by atoms with Gasteiger partial charge < -0.3 is 10.3 Å². The molecule has 174 valence electrons. The maximum absolute atomic E-state index is 12.6.